The van der Waals surface area contributed by atoms with Crippen molar-refractivity contribution in [3.63, 3.8) is 0 Å². The molecule has 0 atom stereocenters. The Morgan fingerprint density at radius 2 is 2.27 bits per heavy atom. The van der Waals surface area contributed by atoms with Gasteiger partial charge in [0.15, 0.2) is 5.82 Å². The molecule has 1 aromatic heterocycles. The normalized spacial score (nSPS) is 10.2. The van der Waals surface area contributed by atoms with Crippen LogP contribution in [0.2, 0.25) is 0 Å². The summed E-state index contributed by atoms with van der Waals surface area (Å²) in [5.41, 5.74) is 4.79. The van der Waals surface area contributed by atoms with Gasteiger partial charge in [0.05, 0.1) is 0 Å². The average Bonchev–Trinajstić information content (AvgIpc) is 2.41. The Labute approximate surface area is 63.3 Å². The fourth-order valence-corrected chi connectivity index (χ4v) is 0.212. The van der Waals surface area contributed by atoms with Gasteiger partial charge in [-0.2, -0.15) is 5.21 Å². The summed E-state index contributed by atoms with van der Waals surface area (Å²) in [4.78, 5) is 0. The van der Waals surface area contributed by atoms with Crippen LogP contribution in [0, 0.1) is 6.92 Å². The number of H-pyrrole nitrogens is 1. The fourth-order valence-electron chi connectivity index (χ4n) is 0.212. The molecule has 0 aliphatic carbocycles. The molecule has 1 aromatic rings. The number of oxime groups is 1. The van der Waals surface area contributed by atoms with Gasteiger partial charge in [-0.05, 0) is 13.8 Å². The van der Waals surface area contributed by atoms with Crippen LogP contribution >= 0.6 is 0 Å². The number of aromatic nitrogens is 4. The number of tetrazole rings is 1. The molecule has 0 spiro atoms. The summed E-state index contributed by atoms with van der Waals surface area (Å²) in [6, 6.07) is 0. The van der Waals surface area contributed by atoms with Gasteiger partial charge in [-0.25, -0.2) is 0 Å². The molecule has 0 unspecified atom stereocenters. The summed E-state index contributed by atoms with van der Waals surface area (Å²) in [6.07, 6.45) is 0. The second-order valence-corrected chi connectivity index (χ2v) is 1.70. The molecule has 7 nitrogen and oxygen atoms in total. The van der Waals surface area contributed by atoms with E-state index in [0.717, 1.165) is 0 Å². The first-order valence-corrected chi connectivity index (χ1v) is 2.81. The third-order valence-electron chi connectivity index (χ3n) is 0.609. The summed E-state index contributed by atoms with van der Waals surface area (Å²) < 4.78 is 0. The van der Waals surface area contributed by atoms with Gasteiger partial charge in [0.1, 0.15) is 5.84 Å². The number of hydrogen-bond acceptors (Lipinski definition) is 5. The zero-order chi connectivity index (χ0) is 8.69. The summed E-state index contributed by atoms with van der Waals surface area (Å²) in [6.45, 7) is 3.27. The highest BCUT2D eigenvalue weighted by Crippen LogP contribution is 1.69. The van der Waals surface area contributed by atoms with E-state index in [0.29, 0.717) is 5.82 Å². The predicted octanol–water partition coefficient (Wildman–Crippen LogP) is -0.739. The van der Waals surface area contributed by atoms with E-state index < -0.39 is 0 Å². The maximum Gasteiger partial charge on any atom is 0.171 e. The molecule has 0 radical (unpaired) electrons. The molecule has 4 N–H and O–H groups in total. The Hall–Kier alpha value is -1.66. The number of amidine groups is 1. The summed E-state index contributed by atoms with van der Waals surface area (Å²) in [5, 5.41) is 22.9. The number of rotatable bonds is 0. The number of aromatic amines is 1. The molecule has 0 fully saturated rings. The number of aryl methyl sites for hydroxylation is 1. The molecule has 0 aliphatic rings. The van der Waals surface area contributed by atoms with Crippen molar-refractivity contribution < 1.29 is 5.21 Å². The maximum atomic E-state index is 7.61. The summed E-state index contributed by atoms with van der Waals surface area (Å²) in [7, 11) is 0. The molecule has 62 valence electrons. The van der Waals surface area contributed by atoms with Crippen LogP contribution in [0.3, 0.4) is 0 Å². The smallest absolute Gasteiger partial charge is 0.171 e. The van der Waals surface area contributed by atoms with E-state index in [4.69, 9.17) is 10.9 Å². The van der Waals surface area contributed by atoms with Crippen LogP contribution in [0.5, 0.6) is 0 Å². The van der Waals surface area contributed by atoms with Gasteiger partial charge < -0.3 is 10.9 Å². The van der Waals surface area contributed by atoms with Gasteiger partial charge in [-0.3, -0.25) is 0 Å². The Morgan fingerprint density at radius 3 is 2.36 bits per heavy atom. The second-order valence-electron chi connectivity index (χ2n) is 1.70. The van der Waals surface area contributed by atoms with Gasteiger partial charge >= 0.3 is 0 Å². The van der Waals surface area contributed by atoms with Crippen LogP contribution in [0.4, 0.5) is 0 Å². The highest BCUT2D eigenvalue weighted by molar-refractivity contribution is 5.76. The van der Waals surface area contributed by atoms with Crippen LogP contribution in [-0.2, 0) is 0 Å². The van der Waals surface area contributed by atoms with Crippen molar-refractivity contribution in [3.8, 4) is 0 Å². The second kappa shape index (κ2) is 5.15. The Kier molecular flexibility index (Phi) is 4.37. The fraction of sp³-hybridized carbons (Fsp3) is 0.500. The van der Waals surface area contributed by atoms with Crippen molar-refractivity contribution >= 4 is 5.84 Å². The van der Waals surface area contributed by atoms with E-state index in [1.54, 1.807) is 6.92 Å². The zero-order valence-corrected chi connectivity index (χ0v) is 6.31. The first-order chi connectivity index (χ1) is 5.16. The average molecular weight is 158 g/mol. The van der Waals surface area contributed by atoms with Crippen molar-refractivity contribution in [1.82, 2.24) is 20.6 Å². The van der Waals surface area contributed by atoms with E-state index in [1.165, 1.54) is 6.92 Å². The van der Waals surface area contributed by atoms with E-state index in [1.807, 2.05) is 0 Å². The van der Waals surface area contributed by atoms with Crippen LogP contribution in [0.25, 0.3) is 0 Å². The minimum atomic E-state index is 0.185. The molecule has 1 heterocycles. The topological polar surface area (TPSA) is 113 Å². The lowest BCUT2D eigenvalue weighted by Crippen LogP contribution is -2.03. The number of nitrogens with zero attached hydrogens (tertiary/aromatic N) is 4. The van der Waals surface area contributed by atoms with Crippen molar-refractivity contribution in [2.45, 2.75) is 13.8 Å². The Morgan fingerprint density at radius 1 is 1.73 bits per heavy atom. The van der Waals surface area contributed by atoms with Gasteiger partial charge in [-0.1, -0.05) is 10.4 Å². The van der Waals surface area contributed by atoms with E-state index in [2.05, 4.69) is 25.8 Å². The van der Waals surface area contributed by atoms with Crippen molar-refractivity contribution in [2.75, 3.05) is 0 Å². The third-order valence-corrected chi connectivity index (χ3v) is 0.609. The van der Waals surface area contributed by atoms with E-state index in [9.17, 15) is 0 Å². The minimum Gasteiger partial charge on any atom is -0.409 e. The SMILES string of the molecule is C/C(N)=N/O.Cc1nn[nH]n1. The lowest BCUT2D eigenvalue weighted by Gasteiger charge is -1.73. The largest absolute Gasteiger partial charge is 0.409 e. The Balaban J connectivity index is 0.000000187. The third kappa shape index (κ3) is 6.22. The van der Waals surface area contributed by atoms with Gasteiger partial charge in [0, 0.05) is 0 Å². The maximum absolute atomic E-state index is 7.61. The first kappa shape index (κ1) is 9.34. The molecule has 7 heteroatoms. The highest BCUT2D eigenvalue weighted by Gasteiger charge is 1.78. The lowest BCUT2D eigenvalue weighted by molar-refractivity contribution is 0.318. The lowest BCUT2D eigenvalue weighted by atomic mass is 10.7. The summed E-state index contributed by atoms with van der Waals surface area (Å²) in [5.74, 6) is 0.861. The van der Waals surface area contributed by atoms with Crippen LogP contribution < -0.4 is 5.73 Å². The van der Waals surface area contributed by atoms with Crippen LogP contribution in [-0.4, -0.2) is 31.7 Å². The monoisotopic (exact) mass is 158 g/mol. The number of nitrogens with two attached hydrogens (primary N) is 1. The van der Waals surface area contributed by atoms with Gasteiger partial charge in [0.25, 0.3) is 0 Å². The van der Waals surface area contributed by atoms with Crippen LogP contribution in [0.1, 0.15) is 12.7 Å². The Bertz CT molecular complexity index is 200. The molecule has 0 saturated heterocycles. The molecule has 0 saturated carbocycles. The first-order valence-electron chi connectivity index (χ1n) is 2.81. The summed E-state index contributed by atoms with van der Waals surface area (Å²) >= 11 is 0. The van der Waals surface area contributed by atoms with Crippen molar-refractivity contribution in [2.24, 2.45) is 10.9 Å². The number of hydrogen-bond donors (Lipinski definition) is 3. The minimum absolute atomic E-state index is 0.185. The zero-order valence-electron chi connectivity index (χ0n) is 6.31. The molecular weight excluding hydrogens is 148 g/mol. The van der Waals surface area contributed by atoms with E-state index >= 15 is 0 Å². The molecular formula is C4H10N6O. The van der Waals surface area contributed by atoms with Crippen molar-refractivity contribution in [1.29, 1.82) is 0 Å². The predicted molar refractivity (Wildman–Crippen MR) is 38.0 cm³/mol. The van der Waals surface area contributed by atoms with Crippen LogP contribution in [0.15, 0.2) is 5.16 Å². The molecule has 0 bridgehead atoms. The van der Waals surface area contributed by atoms with Gasteiger partial charge in [-0.15, -0.1) is 10.2 Å². The van der Waals surface area contributed by atoms with E-state index in [-0.39, 0.29) is 5.84 Å². The highest BCUT2D eigenvalue weighted by atomic mass is 16.4. The molecule has 1 rings (SSSR count). The number of nitrogens with one attached hydrogen (secondary N) is 1. The quantitative estimate of drug-likeness (QED) is 0.199. The standard InChI is InChI=1S/C2H4N4.C2H6N2O/c1-2-3-5-6-4-2;1-2(3)4-5/h1H3,(H,3,4,5,6);5H,1H3,(H2,3,4). The van der Waals surface area contributed by atoms with Crippen molar-refractivity contribution in [3.05, 3.63) is 5.82 Å². The molecule has 0 aromatic carbocycles. The molecule has 11 heavy (non-hydrogen) atoms. The molecule has 0 amide bonds. The van der Waals surface area contributed by atoms with Gasteiger partial charge in [0.2, 0.25) is 0 Å². The molecule has 0 aliphatic heterocycles.